The zero-order valence-corrected chi connectivity index (χ0v) is 15.4. The predicted molar refractivity (Wildman–Crippen MR) is 99.6 cm³/mol. The molecular formula is C20H18O3S2. The summed E-state index contributed by atoms with van der Waals surface area (Å²) in [5.74, 6) is 0.408. The van der Waals surface area contributed by atoms with Crippen molar-refractivity contribution in [2.45, 2.75) is 27.4 Å². The van der Waals surface area contributed by atoms with E-state index in [1.165, 1.54) is 12.1 Å². The van der Waals surface area contributed by atoms with Crippen LogP contribution in [-0.4, -0.2) is 12.6 Å². The van der Waals surface area contributed by atoms with Crippen molar-refractivity contribution in [3.8, 4) is 0 Å². The Bertz CT molecular complexity index is 975. The summed E-state index contributed by atoms with van der Waals surface area (Å²) in [5.41, 5.74) is 2.15. The summed E-state index contributed by atoms with van der Waals surface area (Å²) in [4.78, 5) is 1.07. The summed E-state index contributed by atoms with van der Waals surface area (Å²) in [6.45, 7) is 2.01. The first-order chi connectivity index (χ1) is 12.0. The largest absolute Gasteiger partial charge is 0.254 e. The van der Waals surface area contributed by atoms with Gasteiger partial charge in [-0.1, -0.05) is 48.0 Å². The second-order valence-corrected chi connectivity index (χ2v) is 9.16. The molecule has 128 valence electrons. The van der Waals surface area contributed by atoms with Crippen LogP contribution in [0.15, 0.2) is 93.5 Å². The standard InChI is InChI=1S/C20H18O3S2/c1-16-7-9-17(10-8-16)15-24(21)18-11-13-20(14-12-18)25(22,23)19-5-3-2-4-6-19/h2-14H,15H2,1H3. The van der Waals surface area contributed by atoms with E-state index in [4.69, 9.17) is 0 Å². The van der Waals surface area contributed by atoms with Gasteiger partial charge in [0.05, 0.1) is 26.3 Å². The van der Waals surface area contributed by atoms with Crippen LogP contribution in [-0.2, 0) is 26.4 Å². The van der Waals surface area contributed by atoms with Gasteiger partial charge in [0.25, 0.3) is 0 Å². The molecule has 0 fully saturated rings. The number of rotatable bonds is 5. The Morgan fingerprint density at radius 3 is 1.92 bits per heavy atom. The van der Waals surface area contributed by atoms with Gasteiger partial charge in [0.2, 0.25) is 9.84 Å². The normalized spacial score (nSPS) is 12.7. The first-order valence-corrected chi connectivity index (χ1v) is 10.6. The molecule has 25 heavy (non-hydrogen) atoms. The van der Waals surface area contributed by atoms with Crippen LogP contribution in [0, 0.1) is 6.92 Å². The maximum Gasteiger partial charge on any atom is 0.206 e. The van der Waals surface area contributed by atoms with Crippen molar-refractivity contribution in [2.75, 3.05) is 0 Å². The van der Waals surface area contributed by atoms with Gasteiger partial charge in [0.15, 0.2) is 0 Å². The number of aryl methyl sites for hydroxylation is 1. The maximum atomic E-state index is 12.6. The Morgan fingerprint density at radius 1 is 0.760 bits per heavy atom. The molecule has 3 nitrogen and oxygen atoms in total. The van der Waals surface area contributed by atoms with Crippen LogP contribution in [0.25, 0.3) is 0 Å². The minimum absolute atomic E-state index is 0.204. The average molecular weight is 370 g/mol. The first kappa shape index (κ1) is 17.6. The first-order valence-electron chi connectivity index (χ1n) is 7.81. The van der Waals surface area contributed by atoms with Gasteiger partial charge in [0.1, 0.15) is 0 Å². The van der Waals surface area contributed by atoms with E-state index in [2.05, 4.69) is 0 Å². The molecular weight excluding hydrogens is 352 g/mol. The van der Waals surface area contributed by atoms with Crippen molar-refractivity contribution in [3.05, 3.63) is 90.0 Å². The van der Waals surface area contributed by atoms with Crippen molar-refractivity contribution in [2.24, 2.45) is 0 Å². The van der Waals surface area contributed by atoms with Crippen molar-refractivity contribution in [1.82, 2.24) is 0 Å². The highest BCUT2D eigenvalue weighted by Gasteiger charge is 2.17. The smallest absolute Gasteiger partial charge is 0.206 e. The van der Waals surface area contributed by atoms with Crippen LogP contribution in [0.5, 0.6) is 0 Å². The molecule has 3 rings (SSSR count). The molecule has 5 heteroatoms. The van der Waals surface area contributed by atoms with Crippen LogP contribution in [0.3, 0.4) is 0 Å². The summed E-state index contributed by atoms with van der Waals surface area (Å²) >= 11 is 0. The fraction of sp³-hybridized carbons (Fsp3) is 0.100. The number of hydrogen-bond acceptors (Lipinski definition) is 3. The third-order valence-electron chi connectivity index (χ3n) is 3.87. The Balaban J connectivity index is 1.80. The Hall–Kier alpha value is -2.24. The molecule has 0 saturated carbocycles. The summed E-state index contributed by atoms with van der Waals surface area (Å²) < 4.78 is 37.6. The molecule has 0 aliphatic carbocycles. The van der Waals surface area contributed by atoms with Crippen LogP contribution in [0.1, 0.15) is 11.1 Å². The Morgan fingerprint density at radius 2 is 1.32 bits per heavy atom. The minimum Gasteiger partial charge on any atom is -0.254 e. The van der Waals surface area contributed by atoms with Gasteiger partial charge in [-0.15, -0.1) is 0 Å². The number of benzene rings is 3. The average Bonchev–Trinajstić information content (AvgIpc) is 2.64. The predicted octanol–water partition coefficient (Wildman–Crippen LogP) is 4.14. The van der Waals surface area contributed by atoms with Gasteiger partial charge in [-0.2, -0.15) is 0 Å². The zero-order valence-electron chi connectivity index (χ0n) is 13.8. The van der Waals surface area contributed by atoms with Crippen LogP contribution in [0.2, 0.25) is 0 Å². The topological polar surface area (TPSA) is 51.2 Å². The maximum absolute atomic E-state index is 12.6. The molecule has 0 aliphatic heterocycles. The molecule has 0 bridgehead atoms. The molecule has 0 spiro atoms. The quantitative estimate of drug-likeness (QED) is 0.678. The van der Waals surface area contributed by atoms with E-state index >= 15 is 0 Å². The van der Waals surface area contributed by atoms with Crippen LogP contribution < -0.4 is 0 Å². The molecule has 3 aromatic rings. The van der Waals surface area contributed by atoms with Crippen molar-refractivity contribution in [3.63, 3.8) is 0 Å². The lowest BCUT2D eigenvalue weighted by Crippen LogP contribution is -2.02. The Labute approximate surface area is 150 Å². The lowest BCUT2D eigenvalue weighted by atomic mass is 10.2. The monoisotopic (exact) mass is 370 g/mol. The van der Waals surface area contributed by atoms with Crippen LogP contribution in [0.4, 0.5) is 0 Å². The van der Waals surface area contributed by atoms with E-state index in [1.54, 1.807) is 42.5 Å². The molecule has 1 unspecified atom stereocenters. The highest BCUT2D eigenvalue weighted by atomic mass is 32.2. The SMILES string of the molecule is Cc1ccc(CS(=O)c2ccc(S(=O)(=O)c3ccccc3)cc2)cc1. The second-order valence-electron chi connectivity index (χ2n) is 5.76. The van der Waals surface area contributed by atoms with E-state index in [-0.39, 0.29) is 9.79 Å². The molecule has 0 heterocycles. The molecule has 0 radical (unpaired) electrons. The molecule has 0 aromatic heterocycles. The second kappa shape index (κ2) is 7.33. The molecule has 0 N–H and O–H groups in total. The van der Waals surface area contributed by atoms with E-state index in [0.717, 1.165) is 11.1 Å². The molecule has 1 atom stereocenters. The van der Waals surface area contributed by atoms with Gasteiger partial charge in [-0.05, 0) is 48.9 Å². The van der Waals surface area contributed by atoms with E-state index in [9.17, 15) is 12.6 Å². The number of sulfone groups is 1. The summed E-state index contributed by atoms with van der Waals surface area (Å²) in [6, 6.07) is 22.5. The third-order valence-corrected chi connectivity index (χ3v) is 7.05. The lowest BCUT2D eigenvalue weighted by Gasteiger charge is -2.07. The van der Waals surface area contributed by atoms with Crippen molar-refractivity contribution in [1.29, 1.82) is 0 Å². The van der Waals surface area contributed by atoms with Crippen molar-refractivity contribution >= 4 is 20.6 Å². The third kappa shape index (κ3) is 4.06. The van der Waals surface area contributed by atoms with Gasteiger partial charge < -0.3 is 0 Å². The highest BCUT2D eigenvalue weighted by molar-refractivity contribution is 7.91. The van der Waals surface area contributed by atoms with Gasteiger partial charge >= 0.3 is 0 Å². The van der Waals surface area contributed by atoms with Gasteiger partial charge in [-0.3, -0.25) is 4.21 Å². The molecule has 3 aromatic carbocycles. The van der Waals surface area contributed by atoms with Crippen molar-refractivity contribution < 1.29 is 12.6 Å². The van der Waals surface area contributed by atoms with Gasteiger partial charge in [-0.25, -0.2) is 8.42 Å². The summed E-state index contributed by atoms with van der Waals surface area (Å²) in [5, 5.41) is 0. The molecule has 0 saturated heterocycles. The van der Waals surface area contributed by atoms with Gasteiger partial charge in [0, 0.05) is 4.90 Å². The lowest BCUT2D eigenvalue weighted by molar-refractivity contribution is 0.596. The summed E-state index contributed by atoms with van der Waals surface area (Å²) in [6.07, 6.45) is 0. The van der Waals surface area contributed by atoms with Crippen LogP contribution >= 0.6 is 0 Å². The molecule has 0 aliphatic rings. The fourth-order valence-electron chi connectivity index (χ4n) is 2.43. The van der Waals surface area contributed by atoms with E-state index in [1.807, 2.05) is 31.2 Å². The Kier molecular flexibility index (Phi) is 5.16. The van der Waals surface area contributed by atoms with E-state index in [0.29, 0.717) is 10.6 Å². The summed E-state index contributed by atoms with van der Waals surface area (Å²) in [7, 11) is -4.76. The van der Waals surface area contributed by atoms with E-state index < -0.39 is 20.6 Å². The minimum atomic E-state index is -3.54. The highest BCUT2D eigenvalue weighted by Crippen LogP contribution is 2.22. The molecule has 0 amide bonds. The fourth-order valence-corrected chi connectivity index (χ4v) is 4.81. The number of hydrogen-bond donors (Lipinski definition) is 0. The zero-order chi connectivity index (χ0) is 17.9.